The molecule has 1 aliphatic heterocycles. The maximum Gasteiger partial charge on any atom is 0.263 e. The summed E-state index contributed by atoms with van der Waals surface area (Å²) in [6, 6.07) is 7.56. The molecule has 1 aromatic heterocycles. The number of hydrogen-bond donors (Lipinski definition) is 2. The first kappa shape index (κ1) is 17.2. The Hall–Kier alpha value is -2.67. The Morgan fingerprint density at radius 1 is 1.40 bits per heavy atom. The zero-order chi connectivity index (χ0) is 18.0. The summed E-state index contributed by atoms with van der Waals surface area (Å²) in [6.07, 6.45) is 1.67. The number of benzene rings is 1. The van der Waals surface area contributed by atoms with Crippen molar-refractivity contribution in [1.29, 1.82) is 0 Å². The van der Waals surface area contributed by atoms with Gasteiger partial charge in [-0.05, 0) is 31.9 Å². The molecule has 2 heterocycles. The van der Waals surface area contributed by atoms with Crippen LogP contribution in [0, 0.1) is 13.8 Å². The number of aliphatic hydroxyl groups is 1. The lowest BCUT2D eigenvalue weighted by molar-refractivity contribution is 0.00410. The predicted octanol–water partition coefficient (Wildman–Crippen LogP) is 1.04. The van der Waals surface area contributed by atoms with E-state index in [9.17, 15) is 14.7 Å². The molecule has 25 heavy (non-hydrogen) atoms. The van der Waals surface area contributed by atoms with Crippen LogP contribution in [0.1, 0.15) is 28.2 Å². The lowest BCUT2D eigenvalue weighted by Gasteiger charge is -2.24. The molecule has 2 aromatic rings. The minimum atomic E-state index is -1.14. The summed E-state index contributed by atoms with van der Waals surface area (Å²) < 4.78 is 5.73. The van der Waals surface area contributed by atoms with Crippen LogP contribution in [0.15, 0.2) is 35.3 Å². The third kappa shape index (κ3) is 3.71. The number of rotatable bonds is 4. The van der Waals surface area contributed by atoms with E-state index in [1.54, 1.807) is 6.92 Å². The number of carbonyl (C=O) groups excluding carboxylic acids is 1. The van der Waals surface area contributed by atoms with Gasteiger partial charge in [0.25, 0.3) is 11.5 Å². The number of hydrogen-bond acceptors (Lipinski definition) is 5. The van der Waals surface area contributed by atoms with Crippen LogP contribution < -0.4 is 10.3 Å². The monoisotopic (exact) mass is 343 g/mol. The van der Waals surface area contributed by atoms with Gasteiger partial charge >= 0.3 is 0 Å². The van der Waals surface area contributed by atoms with E-state index in [-0.39, 0.29) is 18.7 Å². The molecule has 0 bridgehead atoms. The van der Waals surface area contributed by atoms with E-state index >= 15 is 0 Å². The van der Waals surface area contributed by atoms with E-state index in [4.69, 9.17) is 4.74 Å². The lowest BCUT2D eigenvalue weighted by atomic mass is 10.1. The van der Waals surface area contributed by atoms with Crippen LogP contribution in [0.3, 0.4) is 0 Å². The maximum atomic E-state index is 12.5. The van der Waals surface area contributed by atoms with Crippen molar-refractivity contribution >= 4 is 5.91 Å². The molecule has 0 aliphatic carbocycles. The maximum absolute atomic E-state index is 12.5. The molecule has 1 aliphatic rings. The van der Waals surface area contributed by atoms with Gasteiger partial charge in [0.1, 0.15) is 29.3 Å². The van der Waals surface area contributed by atoms with E-state index in [1.807, 2.05) is 31.2 Å². The Morgan fingerprint density at radius 2 is 2.16 bits per heavy atom. The van der Waals surface area contributed by atoms with Crippen molar-refractivity contribution < 1.29 is 14.6 Å². The molecular weight excluding hydrogens is 322 g/mol. The standard InChI is InChI=1S/C18H21N3O4/c1-12-5-3-4-6-15(12)25-11-18(24)7-8-21(10-18)17(23)14-9-19-13(2)20-16(14)22/h3-6,9,24H,7-8,10-11H2,1-2H3,(H,19,20,22)/t18-/m1/s1. The topological polar surface area (TPSA) is 95.5 Å². The number of H-pyrrole nitrogens is 1. The number of likely N-dealkylation sites (tertiary alicyclic amines) is 1. The number of nitrogens with one attached hydrogen (secondary N) is 1. The molecule has 132 valence electrons. The minimum Gasteiger partial charge on any atom is -0.490 e. The van der Waals surface area contributed by atoms with E-state index in [0.29, 0.717) is 24.5 Å². The van der Waals surface area contributed by atoms with Gasteiger partial charge in [0.15, 0.2) is 0 Å². The average Bonchev–Trinajstić information content (AvgIpc) is 2.96. The fourth-order valence-corrected chi connectivity index (χ4v) is 2.88. The second-order valence-corrected chi connectivity index (χ2v) is 6.47. The van der Waals surface area contributed by atoms with Crippen molar-refractivity contribution in [2.24, 2.45) is 0 Å². The Kier molecular flexibility index (Phi) is 4.59. The van der Waals surface area contributed by atoms with Crippen LogP contribution >= 0.6 is 0 Å². The molecule has 1 saturated heterocycles. The van der Waals surface area contributed by atoms with E-state index in [2.05, 4.69) is 9.97 Å². The first-order chi connectivity index (χ1) is 11.9. The predicted molar refractivity (Wildman–Crippen MR) is 91.7 cm³/mol. The number of carbonyl (C=O) groups is 1. The molecule has 2 N–H and O–H groups in total. The quantitative estimate of drug-likeness (QED) is 0.865. The van der Waals surface area contributed by atoms with Gasteiger partial charge in [-0.15, -0.1) is 0 Å². The lowest BCUT2D eigenvalue weighted by Crippen LogP contribution is -2.41. The molecule has 1 aromatic carbocycles. The normalized spacial score (nSPS) is 19.9. The van der Waals surface area contributed by atoms with Crippen LogP contribution in [0.5, 0.6) is 5.75 Å². The third-order valence-corrected chi connectivity index (χ3v) is 4.37. The molecule has 1 atom stereocenters. The number of para-hydroxylation sites is 1. The number of aryl methyl sites for hydroxylation is 2. The van der Waals surface area contributed by atoms with Gasteiger partial charge < -0.3 is 19.7 Å². The van der Waals surface area contributed by atoms with Gasteiger partial charge in [0.05, 0.1) is 6.54 Å². The van der Waals surface area contributed by atoms with Crippen LogP contribution in [-0.4, -0.2) is 51.2 Å². The van der Waals surface area contributed by atoms with Crippen molar-refractivity contribution in [2.75, 3.05) is 19.7 Å². The van der Waals surface area contributed by atoms with Gasteiger partial charge in [-0.2, -0.15) is 0 Å². The molecule has 1 fully saturated rings. The van der Waals surface area contributed by atoms with Crippen LogP contribution in [-0.2, 0) is 0 Å². The van der Waals surface area contributed by atoms with Gasteiger partial charge in [0, 0.05) is 12.7 Å². The van der Waals surface area contributed by atoms with Crippen LogP contribution in [0.4, 0.5) is 0 Å². The molecule has 0 saturated carbocycles. The highest BCUT2D eigenvalue weighted by Gasteiger charge is 2.39. The SMILES string of the molecule is Cc1ncc(C(=O)N2CC[C@](O)(COc3ccccc3C)C2)c(=O)[nH]1. The number of ether oxygens (including phenoxy) is 1. The van der Waals surface area contributed by atoms with E-state index in [0.717, 1.165) is 5.56 Å². The summed E-state index contributed by atoms with van der Waals surface area (Å²) in [7, 11) is 0. The second-order valence-electron chi connectivity index (χ2n) is 6.47. The molecule has 0 radical (unpaired) electrons. The molecule has 7 heteroatoms. The average molecular weight is 343 g/mol. The van der Waals surface area contributed by atoms with E-state index < -0.39 is 17.1 Å². The Bertz CT molecular complexity index is 848. The van der Waals surface area contributed by atoms with Crippen molar-refractivity contribution in [3.8, 4) is 5.75 Å². The van der Waals surface area contributed by atoms with Gasteiger partial charge in [-0.1, -0.05) is 18.2 Å². The van der Waals surface area contributed by atoms with Gasteiger partial charge in [-0.25, -0.2) is 4.98 Å². The molecule has 3 rings (SSSR count). The second kappa shape index (κ2) is 6.68. The number of nitrogens with zero attached hydrogens (tertiary/aromatic N) is 2. The summed E-state index contributed by atoms with van der Waals surface area (Å²) >= 11 is 0. The first-order valence-corrected chi connectivity index (χ1v) is 8.14. The van der Waals surface area contributed by atoms with Gasteiger partial charge in [0.2, 0.25) is 0 Å². The number of amides is 1. The summed E-state index contributed by atoms with van der Waals surface area (Å²) in [6.45, 7) is 4.14. The highest BCUT2D eigenvalue weighted by Crippen LogP contribution is 2.25. The van der Waals surface area contributed by atoms with Crippen molar-refractivity contribution in [3.63, 3.8) is 0 Å². The molecule has 1 amide bonds. The smallest absolute Gasteiger partial charge is 0.263 e. The third-order valence-electron chi connectivity index (χ3n) is 4.37. The largest absolute Gasteiger partial charge is 0.490 e. The Balaban J connectivity index is 1.67. The minimum absolute atomic E-state index is 0.0188. The Labute approximate surface area is 145 Å². The Morgan fingerprint density at radius 3 is 2.88 bits per heavy atom. The zero-order valence-corrected chi connectivity index (χ0v) is 14.3. The number of aromatic nitrogens is 2. The van der Waals surface area contributed by atoms with Crippen molar-refractivity contribution in [2.45, 2.75) is 25.9 Å². The number of β-amino-alcohol motifs (C(OH)–C–C–N with tert-alkyl or cyclic N) is 1. The highest BCUT2D eigenvalue weighted by atomic mass is 16.5. The first-order valence-electron chi connectivity index (χ1n) is 8.14. The van der Waals surface area contributed by atoms with Crippen molar-refractivity contribution in [1.82, 2.24) is 14.9 Å². The zero-order valence-electron chi connectivity index (χ0n) is 14.3. The van der Waals surface area contributed by atoms with Crippen LogP contribution in [0.25, 0.3) is 0 Å². The molecular formula is C18H21N3O4. The fraction of sp³-hybridized carbons (Fsp3) is 0.389. The summed E-state index contributed by atoms with van der Waals surface area (Å²) in [5.74, 6) is 0.728. The highest BCUT2D eigenvalue weighted by molar-refractivity contribution is 5.93. The van der Waals surface area contributed by atoms with E-state index in [1.165, 1.54) is 11.1 Å². The summed E-state index contributed by atoms with van der Waals surface area (Å²) in [5.41, 5.74) is -0.643. The molecule has 7 nitrogen and oxygen atoms in total. The number of aromatic amines is 1. The fourth-order valence-electron chi connectivity index (χ4n) is 2.88. The van der Waals surface area contributed by atoms with Gasteiger partial charge in [-0.3, -0.25) is 9.59 Å². The summed E-state index contributed by atoms with van der Waals surface area (Å²) in [4.78, 5) is 32.4. The summed E-state index contributed by atoms with van der Waals surface area (Å²) in [5, 5.41) is 10.7. The molecule has 0 spiro atoms. The van der Waals surface area contributed by atoms with Crippen LogP contribution in [0.2, 0.25) is 0 Å². The van der Waals surface area contributed by atoms with Crippen molar-refractivity contribution in [3.05, 3.63) is 57.8 Å². The molecule has 0 unspecified atom stereocenters.